The monoisotopic (exact) mass is 367 g/mol. The molecule has 0 spiro atoms. The van der Waals surface area contributed by atoms with Gasteiger partial charge in [-0.3, -0.25) is 10.1 Å². The van der Waals surface area contributed by atoms with Crippen LogP contribution in [0, 0.1) is 15.5 Å². The number of hydrogen-bond acceptors (Lipinski definition) is 6. The van der Waals surface area contributed by atoms with Crippen molar-refractivity contribution in [3.8, 4) is 0 Å². The Balaban J connectivity index is 2.80. The quantitative estimate of drug-likeness (QED) is 0.193. The Morgan fingerprint density at radius 3 is 3.00 bits per heavy atom. The molecule has 0 fully saturated rings. The van der Waals surface area contributed by atoms with Crippen LogP contribution in [0.2, 0.25) is 0 Å². The van der Waals surface area contributed by atoms with Crippen molar-refractivity contribution in [1.29, 1.82) is 5.41 Å². The first kappa shape index (κ1) is 14.2. The topological polar surface area (TPSA) is 88.2 Å². The Morgan fingerprint density at radius 1 is 1.65 bits per heavy atom. The fourth-order valence-corrected chi connectivity index (χ4v) is 1.96. The summed E-state index contributed by atoms with van der Waals surface area (Å²) >= 11 is 2.01. The highest BCUT2D eigenvalue weighted by molar-refractivity contribution is 14.2. The van der Waals surface area contributed by atoms with E-state index in [4.69, 9.17) is 9.59 Å². The summed E-state index contributed by atoms with van der Waals surface area (Å²) in [5, 5.41) is 21.0. The molecule has 0 aliphatic rings. The number of hydrogen-bond donors (Lipinski definition) is 2. The lowest BCUT2D eigenvalue weighted by molar-refractivity contribution is -0.384. The average molecular weight is 367 g/mol. The third kappa shape index (κ3) is 4.13. The summed E-state index contributed by atoms with van der Waals surface area (Å²) in [5.41, 5.74) is 0.769. The van der Waals surface area contributed by atoms with Crippen LogP contribution in [0.3, 0.4) is 0 Å². The van der Waals surface area contributed by atoms with E-state index in [0.29, 0.717) is 18.8 Å². The van der Waals surface area contributed by atoms with Crippen LogP contribution in [0.25, 0.3) is 0 Å². The highest BCUT2D eigenvalue weighted by Crippen LogP contribution is 2.24. The molecule has 0 heterocycles. The van der Waals surface area contributed by atoms with E-state index in [-0.39, 0.29) is 11.3 Å². The van der Waals surface area contributed by atoms with Crippen molar-refractivity contribution in [3.05, 3.63) is 33.9 Å². The lowest BCUT2D eigenvalue weighted by Gasteiger charge is -2.08. The molecule has 0 unspecified atom stereocenters. The molecule has 0 aliphatic carbocycles. The Labute approximate surface area is 115 Å². The molecule has 0 atom stereocenters. The van der Waals surface area contributed by atoms with Gasteiger partial charge in [-0.2, -0.15) is 0 Å². The van der Waals surface area contributed by atoms with Crippen molar-refractivity contribution in [2.75, 3.05) is 18.5 Å². The van der Waals surface area contributed by atoms with Crippen molar-refractivity contribution in [2.45, 2.75) is 0 Å². The molecular formula is C9H10IN3O3S. The molecule has 1 aromatic rings. The number of anilines is 1. The first-order valence-corrected chi connectivity index (χ1v) is 7.91. The van der Waals surface area contributed by atoms with Crippen LogP contribution in [0.5, 0.6) is 0 Å². The Kier molecular flexibility index (Phi) is 6.22. The molecule has 8 heteroatoms. The molecule has 17 heavy (non-hydrogen) atoms. The van der Waals surface area contributed by atoms with Crippen LogP contribution in [-0.4, -0.2) is 24.3 Å². The summed E-state index contributed by atoms with van der Waals surface area (Å²) < 4.78 is 5.06. The fraction of sp³-hybridized carbons (Fsp3) is 0.222. The number of benzene rings is 1. The number of nitrogens with one attached hydrogen (secondary N) is 2. The summed E-state index contributed by atoms with van der Waals surface area (Å²) in [6.07, 6.45) is 0.981. The summed E-state index contributed by atoms with van der Waals surface area (Å²) in [7, 11) is 1.23. The predicted molar refractivity (Wildman–Crippen MR) is 77.0 cm³/mol. The Hall–Kier alpha value is -0.870. The van der Waals surface area contributed by atoms with E-state index in [1.807, 2.05) is 21.2 Å². The maximum Gasteiger partial charge on any atom is 0.280 e. The highest BCUT2D eigenvalue weighted by Gasteiger charge is 2.14. The van der Waals surface area contributed by atoms with Crippen molar-refractivity contribution >= 4 is 48.0 Å². The molecule has 1 rings (SSSR count). The van der Waals surface area contributed by atoms with Gasteiger partial charge in [0.05, 0.1) is 26.3 Å². The van der Waals surface area contributed by atoms with Gasteiger partial charge in [0.15, 0.2) is 0 Å². The van der Waals surface area contributed by atoms with Gasteiger partial charge < -0.3 is 14.9 Å². The molecule has 1 aromatic carbocycles. The van der Waals surface area contributed by atoms with Crippen molar-refractivity contribution < 1.29 is 9.11 Å². The van der Waals surface area contributed by atoms with E-state index in [2.05, 4.69) is 5.32 Å². The second-order valence-corrected chi connectivity index (χ2v) is 4.39. The third-order valence-corrected chi connectivity index (χ3v) is 2.99. The van der Waals surface area contributed by atoms with E-state index in [9.17, 15) is 10.1 Å². The average Bonchev–Trinajstić information content (AvgIpc) is 2.34. The minimum absolute atomic E-state index is 0.0748. The van der Waals surface area contributed by atoms with Crippen LogP contribution in [0.1, 0.15) is 5.56 Å². The minimum atomic E-state index is -0.497. The van der Waals surface area contributed by atoms with Crippen LogP contribution in [0.4, 0.5) is 11.4 Å². The van der Waals surface area contributed by atoms with Gasteiger partial charge in [0, 0.05) is 45.7 Å². The summed E-state index contributed by atoms with van der Waals surface area (Å²) in [6.45, 7) is 1.01. The lowest BCUT2D eigenvalue weighted by Crippen LogP contribution is -2.09. The molecule has 92 valence electrons. The van der Waals surface area contributed by atoms with E-state index in [1.54, 1.807) is 12.1 Å². The van der Waals surface area contributed by atoms with Gasteiger partial charge in [0.2, 0.25) is 0 Å². The maximum absolute atomic E-state index is 10.8. The van der Waals surface area contributed by atoms with E-state index in [1.165, 1.54) is 15.3 Å². The van der Waals surface area contributed by atoms with Crippen LogP contribution < -0.4 is 5.32 Å². The van der Waals surface area contributed by atoms with Crippen LogP contribution >= 0.6 is 30.4 Å². The second kappa shape index (κ2) is 7.45. The largest absolute Gasteiger partial charge is 0.382 e. The van der Waals surface area contributed by atoms with Crippen molar-refractivity contribution in [3.63, 3.8) is 0 Å². The number of nitrogens with zero attached hydrogens (tertiary/aromatic N) is 1. The molecule has 6 nitrogen and oxygen atoms in total. The molecule has 0 radical (unpaired) electrons. The van der Waals surface area contributed by atoms with Crippen LogP contribution in [0.15, 0.2) is 18.2 Å². The number of nitro groups is 1. The molecule has 0 saturated carbocycles. The maximum atomic E-state index is 10.8. The zero-order valence-electron chi connectivity index (χ0n) is 8.68. The van der Waals surface area contributed by atoms with E-state index >= 15 is 0 Å². The normalized spacial score (nSPS) is 9.94. The van der Waals surface area contributed by atoms with Crippen LogP contribution in [-0.2, 0) is 4.18 Å². The third-order valence-electron chi connectivity index (χ3n) is 1.97. The Bertz CT molecular complexity index is 416. The molecule has 0 amide bonds. The molecule has 0 aliphatic heterocycles. The summed E-state index contributed by atoms with van der Waals surface area (Å²) in [4.78, 5) is 10.3. The fourth-order valence-electron chi connectivity index (χ4n) is 1.28. The Morgan fingerprint density at radius 2 is 2.41 bits per heavy atom. The van der Waals surface area contributed by atoms with Gasteiger partial charge in [0.1, 0.15) is 0 Å². The number of halogens is 1. The van der Waals surface area contributed by atoms with Gasteiger partial charge in [-0.05, 0) is 6.07 Å². The van der Waals surface area contributed by atoms with Crippen molar-refractivity contribution in [1.82, 2.24) is 0 Å². The first-order chi connectivity index (χ1) is 8.20. The predicted octanol–water partition coefficient (Wildman–Crippen LogP) is 3.02. The summed E-state index contributed by atoms with van der Waals surface area (Å²) in [6, 6.07) is 4.66. The molecular weight excluding hydrogens is 357 g/mol. The SMILES string of the molecule is N=Cc1c(NCCOSI)cccc1[N+](=O)[O-]. The zero-order valence-corrected chi connectivity index (χ0v) is 11.7. The highest BCUT2D eigenvalue weighted by atomic mass is 127. The smallest absolute Gasteiger partial charge is 0.280 e. The molecule has 0 saturated heterocycles. The lowest BCUT2D eigenvalue weighted by atomic mass is 10.1. The minimum Gasteiger partial charge on any atom is -0.382 e. The van der Waals surface area contributed by atoms with Gasteiger partial charge >= 0.3 is 0 Å². The molecule has 2 N–H and O–H groups in total. The van der Waals surface area contributed by atoms with Gasteiger partial charge in [-0.25, -0.2) is 0 Å². The number of rotatable bonds is 7. The van der Waals surface area contributed by atoms with E-state index in [0.717, 1.165) is 6.21 Å². The van der Waals surface area contributed by atoms with Gasteiger partial charge in [-0.15, -0.1) is 0 Å². The van der Waals surface area contributed by atoms with Gasteiger partial charge in [-0.1, -0.05) is 6.07 Å². The first-order valence-electron chi connectivity index (χ1n) is 4.62. The second-order valence-electron chi connectivity index (χ2n) is 2.95. The van der Waals surface area contributed by atoms with Crippen molar-refractivity contribution in [2.24, 2.45) is 0 Å². The number of nitro benzene ring substituents is 1. The van der Waals surface area contributed by atoms with Gasteiger partial charge in [0.25, 0.3) is 5.69 Å². The summed E-state index contributed by atoms with van der Waals surface area (Å²) in [5.74, 6) is 0. The zero-order chi connectivity index (χ0) is 12.7. The molecule has 0 aromatic heterocycles. The molecule has 0 bridgehead atoms. The standard InChI is InChI=1S/C9H10IN3O3S/c10-17-16-5-4-12-8-2-1-3-9(13(14)15)7(8)6-11/h1-3,6,11-12H,4-5H2. The van der Waals surface area contributed by atoms with E-state index < -0.39 is 4.92 Å².